The van der Waals surface area contributed by atoms with Crippen molar-refractivity contribution in [3.63, 3.8) is 0 Å². The molecule has 36 heavy (non-hydrogen) atoms. The van der Waals surface area contributed by atoms with E-state index in [9.17, 15) is 18.0 Å². The quantitative estimate of drug-likeness (QED) is 0.370. The molecule has 0 saturated heterocycles. The molecule has 0 fully saturated rings. The van der Waals surface area contributed by atoms with E-state index in [1.54, 1.807) is 49.4 Å². The van der Waals surface area contributed by atoms with Gasteiger partial charge < -0.3 is 14.8 Å². The third-order valence-electron chi connectivity index (χ3n) is 5.19. The molecule has 0 saturated carbocycles. The number of anilines is 1. The van der Waals surface area contributed by atoms with E-state index in [1.807, 2.05) is 6.92 Å². The van der Waals surface area contributed by atoms with E-state index in [4.69, 9.17) is 21.1 Å². The van der Waals surface area contributed by atoms with E-state index in [0.29, 0.717) is 39.8 Å². The summed E-state index contributed by atoms with van der Waals surface area (Å²) in [4.78, 5) is 24.8. The zero-order chi connectivity index (χ0) is 26.3. The molecule has 0 aliphatic rings. The third kappa shape index (κ3) is 6.63. The molecule has 0 unspecified atom stereocenters. The van der Waals surface area contributed by atoms with Crippen LogP contribution in [0.2, 0.25) is 5.02 Å². The molecule has 3 aromatic rings. The van der Waals surface area contributed by atoms with Crippen LogP contribution < -0.4 is 10.1 Å². The maximum atomic E-state index is 13.0. The number of carbonyl (C=O) groups excluding carboxylic acids is 2. The lowest BCUT2D eigenvalue weighted by atomic mass is 10.1. The van der Waals surface area contributed by atoms with Crippen molar-refractivity contribution in [1.82, 2.24) is 4.31 Å². The van der Waals surface area contributed by atoms with Crippen molar-refractivity contribution in [2.24, 2.45) is 0 Å². The molecule has 0 atom stereocenters. The normalized spacial score (nSPS) is 11.2. The molecule has 0 aromatic heterocycles. The number of ether oxygens (including phenoxy) is 2. The Bertz CT molecular complexity index is 1330. The number of carbonyl (C=O) groups is 2. The monoisotopic (exact) mass is 530 g/mol. The number of nitrogens with one attached hydrogen (secondary N) is 1. The summed E-state index contributed by atoms with van der Waals surface area (Å²) in [7, 11) is -2.35. The minimum atomic E-state index is -3.80. The Hall–Kier alpha value is -3.40. The first-order valence-electron chi connectivity index (χ1n) is 11.2. The molecule has 0 heterocycles. The second-order valence-corrected chi connectivity index (χ2v) is 10.2. The number of halogens is 1. The highest BCUT2D eigenvalue weighted by Gasteiger charge is 2.23. The van der Waals surface area contributed by atoms with Crippen LogP contribution in [0.5, 0.6) is 5.75 Å². The number of nitrogens with zero attached hydrogens (tertiary/aromatic N) is 1. The number of sulfonamides is 1. The number of amides is 1. The minimum Gasteiger partial charge on any atom is -0.494 e. The molecule has 3 rings (SSSR count). The second-order valence-electron chi connectivity index (χ2n) is 7.72. The summed E-state index contributed by atoms with van der Waals surface area (Å²) in [6.07, 6.45) is 0. The van der Waals surface area contributed by atoms with E-state index in [2.05, 4.69) is 5.32 Å². The summed E-state index contributed by atoms with van der Waals surface area (Å²) in [6.45, 7) is 4.17. The van der Waals surface area contributed by atoms with Crippen molar-refractivity contribution < 1.29 is 27.5 Å². The van der Waals surface area contributed by atoms with Crippen molar-refractivity contribution in [3.8, 4) is 5.75 Å². The van der Waals surface area contributed by atoms with Crippen LogP contribution in [0.25, 0.3) is 0 Å². The molecule has 3 aromatic carbocycles. The van der Waals surface area contributed by atoms with E-state index >= 15 is 0 Å². The Labute approximate surface area is 215 Å². The smallest absolute Gasteiger partial charge is 0.338 e. The van der Waals surface area contributed by atoms with E-state index in [0.717, 1.165) is 0 Å². The lowest BCUT2D eigenvalue weighted by molar-refractivity contribution is 0.0526. The average molecular weight is 531 g/mol. The number of hydrogen-bond acceptors (Lipinski definition) is 6. The first-order valence-corrected chi connectivity index (χ1v) is 13.0. The van der Waals surface area contributed by atoms with Gasteiger partial charge in [-0.15, -0.1) is 0 Å². The molecule has 1 amide bonds. The summed E-state index contributed by atoms with van der Waals surface area (Å²) in [5, 5.41) is 3.21. The third-order valence-corrected chi connectivity index (χ3v) is 7.26. The Morgan fingerprint density at radius 2 is 1.56 bits per heavy atom. The number of rotatable bonds is 10. The van der Waals surface area contributed by atoms with Gasteiger partial charge in [-0.05, 0) is 80.6 Å². The Kier molecular flexibility index (Phi) is 9.08. The standard InChI is InChI=1S/C26H27ClN2O6S/c1-4-34-24-15-8-19(25(30)28-22-11-6-18(7-12-22)26(31)35-5-2)16-20(24)17-29(3)36(32,33)23-13-9-21(27)10-14-23/h6-16H,4-5,17H2,1-3H3,(H,28,30). The highest BCUT2D eigenvalue weighted by molar-refractivity contribution is 7.89. The van der Waals surface area contributed by atoms with Crippen LogP contribution in [-0.2, 0) is 21.3 Å². The minimum absolute atomic E-state index is 0.0182. The van der Waals surface area contributed by atoms with E-state index in [1.165, 1.54) is 35.6 Å². The Morgan fingerprint density at radius 3 is 2.17 bits per heavy atom. The van der Waals surface area contributed by atoms with Gasteiger partial charge in [0.1, 0.15) is 5.75 Å². The van der Waals surface area contributed by atoms with Crippen LogP contribution >= 0.6 is 11.6 Å². The van der Waals surface area contributed by atoms with E-state index in [-0.39, 0.29) is 18.0 Å². The zero-order valence-electron chi connectivity index (χ0n) is 20.2. The molecule has 0 spiro atoms. The molecule has 190 valence electrons. The maximum Gasteiger partial charge on any atom is 0.338 e. The fraction of sp³-hybridized carbons (Fsp3) is 0.231. The second kappa shape index (κ2) is 12.0. The van der Waals surface area contributed by atoms with Crippen molar-refractivity contribution >= 4 is 39.2 Å². The molecule has 0 aliphatic heterocycles. The summed E-state index contributed by atoms with van der Waals surface area (Å²) in [6, 6.07) is 17.1. The van der Waals surface area contributed by atoms with E-state index < -0.39 is 21.9 Å². The fourth-order valence-electron chi connectivity index (χ4n) is 3.36. The topological polar surface area (TPSA) is 102 Å². The maximum absolute atomic E-state index is 13.0. The SMILES string of the molecule is CCOC(=O)c1ccc(NC(=O)c2ccc(OCC)c(CN(C)S(=O)(=O)c3ccc(Cl)cc3)c2)cc1. The van der Waals surface area contributed by atoms with Gasteiger partial charge in [0.15, 0.2) is 0 Å². The van der Waals surface area contributed by atoms with Gasteiger partial charge in [0.25, 0.3) is 5.91 Å². The molecular formula is C26H27ClN2O6S. The van der Waals surface area contributed by atoms with Gasteiger partial charge in [0.05, 0.1) is 23.7 Å². The van der Waals surface area contributed by atoms with Crippen molar-refractivity contribution in [1.29, 1.82) is 0 Å². The van der Waals surface area contributed by atoms with Gasteiger partial charge in [-0.1, -0.05) is 11.6 Å². The lowest BCUT2D eigenvalue weighted by Crippen LogP contribution is -2.27. The molecule has 0 bridgehead atoms. The summed E-state index contributed by atoms with van der Waals surface area (Å²) < 4.78 is 37.9. The lowest BCUT2D eigenvalue weighted by Gasteiger charge is -2.20. The molecular weight excluding hydrogens is 504 g/mol. The van der Waals surface area contributed by atoms with Crippen LogP contribution in [-0.4, -0.2) is 44.9 Å². The van der Waals surface area contributed by atoms with Crippen molar-refractivity contribution in [2.45, 2.75) is 25.3 Å². The number of hydrogen-bond donors (Lipinski definition) is 1. The zero-order valence-corrected chi connectivity index (χ0v) is 21.7. The molecule has 0 aliphatic carbocycles. The summed E-state index contributed by atoms with van der Waals surface area (Å²) >= 11 is 5.88. The van der Waals surface area contributed by atoms with Gasteiger partial charge in [0, 0.05) is 35.4 Å². The molecule has 0 radical (unpaired) electrons. The summed E-state index contributed by atoms with van der Waals surface area (Å²) in [5.74, 6) is -0.360. The van der Waals surface area contributed by atoms with Gasteiger partial charge >= 0.3 is 5.97 Å². The largest absolute Gasteiger partial charge is 0.494 e. The van der Waals surface area contributed by atoms with Crippen LogP contribution in [0.1, 0.15) is 40.1 Å². The number of esters is 1. The average Bonchev–Trinajstić information content (AvgIpc) is 2.86. The van der Waals surface area contributed by atoms with Crippen molar-refractivity contribution in [2.75, 3.05) is 25.6 Å². The van der Waals surface area contributed by atoms with Gasteiger partial charge in [-0.3, -0.25) is 4.79 Å². The van der Waals surface area contributed by atoms with Gasteiger partial charge in [-0.25, -0.2) is 13.2 Å². The highest BCUT2D eigenvalue weighted by Crippen LogP contribution is 2.26. The molecule has 10 heteroatoms. The van der Waals surface area contributed by atoms with Crippen molar-refractivity contribution in [3.05, 3.63) is 88.4 Å². The predicted octanol–water partition coefficient (Wildman–Crippen LogP) is 4.99. The highest BCUT2D eigenvalue weighted by atomic mass is 35.5. The van der Waals surface area contributed by atoms with Crippen LogP contribution in [0.4, 0.5) is 5.69 Å². The molecule has 1 N–H and O–H groups in total. The fourth-order valence-corrected chi connectivity index (χ4v) is 4.63. The Balaban J connectivity index is 1.81. The van der Waals surface area contributed by atoms with Crippen LogP contribution in [0, 0.1) is 0 Å². The number of benzene rings is 3. The first-order chi connectivity index (χ1) is 17.1. The van der Waals surface area contributed by atoms with Crippen LogP contribution in [0.3, 0.4) is 0 Å². The molecule has 8 nitrogen and oxygen atoms in total. The summed E-state index contributed by atoms with van der Waals surface area (Å²) in [5.41, 5.74) is 1.72. The first kappa shape index (κ1) is 27.2. The van der Waals surface area contributed by atoms with Gasteiger partial charge in [0.2, 0.25) is 10.0 Å². The van der Waals surface area contributed by atoms with Gasteiger partial charge in [-0.2, -0.15) is 4.31 Å². The van der Waals surface area contributed by atoms with Crippen LogP contribution in [0.15, 0.2) is 71.6 Å². The predicted molar refractivity (Wildman–Crippen MR) is 138 cm³/mol. The Morgan fingerprint density at radius 1 is 0.917 bits per heavy atom.